The number of benzene rings is 2. The largest absolute Gasteiger partial charge is 0.472 e. The van der Waals surface area contributed by atoms with Gasteiger partial charge in [0.1, 0.15) is 67.2 Å². The monoisotopic (exact) mass is 1050 g/mol. The highest BCUT2D eigenvalue weighted by molar-refractivity contribution is 7.47. The Kier molecular flexibility index (Phi) is 16.8. The normalized spacial score (nSPS) is 23.4. The Balaban J connectivity index is 1.06. The van der Waals surface area contributed by atoms with Crippen LogP contribution in [0.15, 0.2) is 78.2 Å². The second-order valence-corrected chi connectivity index (χ2v) is 18.9. The smallest absolute Gasteiger partial charge is 0.455 e. The van der Waals surface area contributed by atoms with Crippen LogP contribution in [0.5, 0.6) is 0 Å². The van der Waals surface area contributed by atoms with Crippen LogP contribution in [0.4, 0.5) is 20.8 Å². The number of hydrogen-bond acceptors (Lipinski definition) is 21. The van der Waals surface area contributed by atoms with Crippen LogP contribution < -0.4 is 22.9 Å². The highest BCUT2D eigenvalue weighted by Gasteiger charge is 2.52. The van der Waals surface area contributed by atoms with Crippen LogP contribution in [-0.4, -0.2) is 140 Å². The van der Waals surface area contributed by atoms with Crippen molar-refractivity contribution < 1.29 is 85.3 Å². The third-order valence-corrected chi connectivity index (χ3v) is 12.7. The number of amides is 2. The number of nitrogen functional groups attached to an aromatic ring is 2. The maximum atomic E-state index is 13.7. The van der Waals surface area contributed by atoms with Crippen molar-refractivity contribution in [3.63, 3.8) is 0 Å². The Morgan fingerprint density at radius 3 is 2.14 bits per heavy atom. The van der Waals surface area contributed by atoms with Gasteiger partial charge < -0.3 is 61.0 Å². The molecule has 11 N–H and O–H groups in total. The molecular formula is C41H49FN10O18P2. The summed E-state index contributed by atoms with van der Waals surface area (Å²) in [5.74, 6) is -3.40. The van der Waals surface area contributed by atoms with E-state index in [9.17, 15) is 57.6 Å². The third kappa shape index (κ3) is 12.8. The summed E-state index contributed by atoms with van der Waals surface area (Å²) in [5.41, 5.74) is 17.7. The standard InChI is InChI=1S/C41H49FN10O18P2/c1-2-3-13-50(41(58)64-16-21-4-6-22(7-5-21)29(36(45)56)23-8-10-24(42)11-9-23)15-28(53)69-33-25(67-39(31(33)54)52-20-48-30-35(44)46-19-47-37(30)52)18-66-72(62,63)70-34-26(17-65-71(59,60)61)68-38(32(34)55)51-14-12-27(43)49-40(51)57/h4-12,14,19-20,25-26,29,31-34,38-39,54-55H,2-3,13,15-18H2,1H3,(H2,45,56)(H,62,63)(H2,43,49,57)(H2,44,46,47)(H2,59,60,61)/t25-,26-,29?,31-,32-,33-,34-,38-,39-/m1/s1. The van der Waals surface area contributed by atoms with Gasteiger partial charge in [-0.05, 0) is 41.3 Å². The van der Waals surface area contributed by atoms with Gasteiger partial charge in [-0.25, -0.2) is 38.1 Å². The summed E-state index contributed by atoms with van der Waals surface area (Å²) in [5, 5.41) is 22.9. The van der Waals surface area contributed by atoms with Crippen molar-refractivity contribution in [1.29, 1.82) is 0 Å². The van der Waals surface area contributed by atoms with Crippen molar-refractivity contribution in [2.45, 2.75) is 81.4 Å². The molecule has 0 spiro atoms. The number of hydrogen-bond donors (Lipinski definition) is 8. The molecule has 2 aromatic carbocycles. The lowest BCUT2D eigenvalue weighted by atomic mass is 9.90. The van der Waals surface area contributed by atoms with Gasteiger partial charge in [-0.15, -0.1) is 0 Å². The van der Waals surface area contributed by atoms with Crippen LogP contribution in [0.3, 0.4) is 0 Å². The Bertz CT molecular complexity index is 2890. The quantitative estimate of drug-likeness (QED) is 0.0366. The molecule has 2 amide bonds. The molecule has 28 nitrogen and oxygen atoms in total. The molecule has 388 valence electrons. The number of aromatic nitrogens is 6. The van der Waals surface area contributed by atoms with Crippen LogP contribution in [0.25, 0.3) is 11.2 Å². The second-order valence-electron chi connectivity index (χ2n) is 16.3. The molecule has 3 aromatic heterocycles. The molecule has 0 saturated carbocycles. The number of carbonyl (C=O) groups is 3. The van der Waals surface area contributed by atoms with Crippen molar-refractivity contribution in [3.8, 4) is 0 Å². The lowest BCUT2D eigenvalue weighted by molar-refractivity contribution is -0.157. The van der Waals surface area contributed by atoms with Gasteiger partial charge in [0.05, 0.1) is 25.5 Å². The minimum Gasteiger partial charge on any atom is -0.455 e. The van der Waals surface area contributed by atoms with Crippen LogP contribution in [-0.2, 0) is 57.8 Å². The molecule has 2 aliphatic heterocycles. The van der Waals surface area contributed by atoms with E-state index < -0.39 is 120 Å². The van der Waals surface area contributed by atoms with Crippen LogP contribution in [0, 0.1) is 5.82 Å². The number of anilines is 2. The van der Waals surface area contributed by atoms with E-state index in [1.54, 1.807) is 24.3 Å². The number of ether oxygens (including phenoxy) is 4. The van der Waals surface area contributed by atoms with Crippen molar-refractivity contribution in [1.82, 2.24) is 34.0 Å². The van der Waals surface area contributed by atoms with E-state index in [2.05, 4.69) is 24.5 Å². The lowest BCUT2D eigenvalue weighted by Crippen LogP contribution is -2.43. The molecular weight excluding hydrogens is 1000 g/mol. The van der Waals surface area contributed by atoms with Crippen molar-refractivity contribution in [2.24, 2.45) is 5.73 Å². The number of fused-ring (bicyclic) bond motifs is 1. The van der Waals surface area contributed by atoms with Gasteiger partial charge in [-0.1, -0.05) is 49.7 Å². The Morgan fingerprint density at radius 1 is 0.875 bits per heavy atom. The Morgan fingerprint density at radius 2 is 1.50 bits per heavy atom. The van der Waals surface area contributed by atoms with Crippen molar-refractivity contribution in [2.75, 3.05) is 37.8 Å². The van der Waals surface area contributed by atoms with E-state index in [1.165, 1.54) is 35.2 Å². The van der Waals surface area contributed by atoms with Crippen LogP contribution in [0.1, 0.15) is 54.8 Å². The van der Waals surface area contributed by atoms with Gasteiger partial charge in [-0.3, -0.25) is 37.2 Å². The maximum absolute atomic E-state index is 13.7. The highest BCUT2D eigenvalue weighted by atomic mass is 31.2. The SMILES string of the molecule is CCCCN(CC(=O)O[C@H]1[C@@H](O)[C@H](n2cnc3c(N)ncnc32)O[C@@H]1COP(=O)(O)O[C@H]1[C@@H](O)[C@H](n2ccc(N)nc2=O)O[C@@H]1COP(=O)(O)O)C(=O)OCc1ccc(C(C(N)=O)c2ccc(F)cc2)cc1. The predicted molar refractivity (Wildman–Crippen MR) is 242 cm³/mol. The van der Waals surface area contributed by atoms with Gasteiger partial charge in [0, 0.05) is 12.7 Å². The number of aliphatic hydroxyl groups excluding tert-OH is 2. The minimum atomic E-state index is -5.46. The summed E-state index contributed by atoms with van der Waals surface area (Å²) < 4.78 is 78.5. The lowest BCUT2D eigenvalue weighted by Gasteiger charge is -2.26. The maximum Gasteiger partial charge on any atom is 0.472 e. The van der Waals surface area contributed by atoms with E-state index in [4.69, 9.17) is 45.2 Å². The number of nitrogens with two attached hydrogens (primary N) is 3. The summed E-state index contributed by atoms with van der Waals surface area (Å²) in [4.78, 5) is 98.6. The number of imidazole rings is 1. The van der Waals surface area contributed by atoms with Gasteiger partial charge in [0.2, 0.25) is 5.91 Å². The fourth-order valence-corrected chi connectivity index (χ4v) is 9.09. The molecule has 0 radical (unpaired) electrons. The fraction of sp³-hybridized carbons (Fsp3) is 0.415. The van der Waals surface area contributed by atoms with Gasteiger partial charge in [0.15, 0.2) is 30.0 Å². The summed E-state index contributed by atoms with van der Waals surface area (Å²) in [6, 6.07) is 12.8. The van der Waals surface area contributed by atoms with E-state index in [0.29, 0.717) is 29.5 Å². The molecule has 31 heteroatoms. The molecule has 2 aliphatic rings. The number of primary amides is 1. The number of aliphatic hydroxyl groups is 2. The zero-order valence-corrected chi connectivity index (χ0v) is 39.5. The summed E-state index contributed by atoms with van der Waals surface area (Å²) in [6.45, 7) is -1.22. The minimum absolute atomic E-state index is 0.00859. The first kappa shape index (κ1) is 53.5. The van der Waals surface area contributed by atoms with Gasteiger partial charge in [0.25, 0.3) is 0 Å². The van der Waals surface area contributed by atoms with E-state index in [0.717, 1.165) is 28.1 Å². The third-order valence-electron chi connectivity index (χ3n) is 11.3. The molecule has 2 fully saturated rings. The summed E-state index contributed by atoms with van der Waals surface area (Å²) >= 11 is 0. The number of phosphoric ester groups is 2. The molecule has 5 aromatic rings. The van der Waals surface area contributed by atoms with E-state index in [1.807, 2.05) is 6.92 Å². The summed E-state index contributed by atoms with van der Waals surface area (Å²) in [7, 11) is -10.7. The van der Waals surface area contributed by atoms with Crippen molar-refractivity contribution in [3.05, 3.63) is 106 Å². The molecule has 72 heavy (non-hydrogen) atoms. The van der Waals surface area contributed by atoms with Crippen molar-refractivity contribution >= 4 is 56.4 Å². The predicted octanol–water partition coefficient (Wildman–Crippen LogP) is 0.483. The average Bonchev–Trinajstić information content (AvgIpc) is 3.99. The first-order valence-electron chi connectivity index (χ1n) is 21.7. The van der Waals surface area contributed by atoms with Crippen LogP contribution >= 0.6 is 15.6 Å². The molecule has 2 unspecified atom stereocenters. The zero-order chi connectivity index (χ0) is 52.1. The van der Waals surface area contributed by atoms with Gasteiger partial charge >= 0.3 is 33.4 Å². The molecule has 0 bridgehead atoms. The highest BCUT2D eigenvalue weighted by Crippen LogP contribution is 2.50. The van der Waals surface area contributed by atoms with Crippen LogP contribution in [0.2, 0.25) is 0 Å². The number of halogens is 1. The van der Waals surface area contributed by atoms with E-state index in [-0.39, 0.29) is 36.0 Å². The number of nitrogens with zero attached hydrogens (tertiary/aromatic N) is 7. The van der Waals surface area contributed by atoms with Gasteiger partial charge in [-0.2, -0.15) is 4.98 Å². The molecule has 10 atom stereocenters. The first-order chi connectivity index (χ1) is 34.1. The number of unbranched alkanes of at least 4 members (excludes halogenated alkanes) is 1. The molecule has 7 rings (SSSR count). The Hall–Kier alpha value is -6.33. The molecule has 5 heterocycles. The molecule has 2 saturated heterocycles. The average molecular weight is 1050 g/mol. The number of carbonyl (C=O) groups excluding carboxylic acids is 3. The molecule has 0 aliphatic carbocycles. The second kappa shape index (κ2) is 22.6. The fourth-order valence-electron chi connectivity index (χ4n) is 7.79. The topological polar surface area (TPSA) is 411 Å². The number of phosphoric acid groups is 2. The first-order valence-corrected chi connectivity index (χ1v) is 24.7. The summed E-state index contributed by atoms with van der Waals surface area (Å²) in [6.07, 6.45) is -10.7. The number of esters is 1. The Labute approximate surface area is 406 Å². The zero-order valence-electron chi connectivity index (χ0n) is 37.8. The van der Waals surface area contributed by atoms with E-state index >= 15 is 0 Å². The number of rotatable bonds is 21.